The van der Waals surface area contributed by atoms with Gasteiger partial charge >= 0.3 is 0 Å². The topological polar surface area (TPSA) is 12.9 Å². The fraction of sp³-hybridized carbons (Fsp3) is 0.0625. The minimum absolute atomic E-state index is 1.02. The first kappa shape index (κ1) is 10.0. The lowest BCUT2D eigenvalue weighted by molar-refractivity contribution is 1.33. The highest BCUT2D eigenvalue weighted by Gasteiger charge is 2.05. The van der Waals surface area contributed by atoms with E-state index >= 15 is 0 Å². The number of benzene rings is 2. The maximum atomic E-state index is 4.71. The summed E-state index contributed by atoms with van der Waals surface area (Å²) in [6, 6.07) is 21.6. The summed E-state index contributed by atoms with van der Waals surface area (Å²) in [5, 5.41) is 1.18. The van der Waals surface area contributed by atoms with Crippen molar-refractivity contribution in [1.29, 1.82) is 0 Å². The van der Waals surface area contributed by atoms with E-state index in [1.54, 1.807) is 0 Å². The standard InChI is InChI=1S/C16H12N/c1-12-11-14-9-5-6-10-15(14)17-16(12)13-7-3-2-4-8-13/h2-7,9-11H,1H3. The van der Waals surface area contributed by atoms with Crippen molar-refractivity contribution < 1.29 is 0 Å². The van der Waals surface area contributed by atoms with Crippen molar-refractivity contribution >= 4 is 10.9 Å². The van der Waals surface area contributed by atoms with Crippen LogP contribution in [0.1, 0.15) is 5.56 Å². The predicted octanol–water partition coefficient (Wildman–Crippen LogP) is 4.01. The second-order valence-corrected chi connectivity index (χ2v) is 4.12. The third kappa shape index (κ3) is 1.80. The molecule has 0 atom stereocenters. The number of fused-ring (bicyclic) bond motifs is 1. The van der Waals surface area contributed by atoms with Crippen molar-refractivity contribution in [3.05, 3.63) is 66.2 Å². The van der Waals surface area contributed by atoms with Gasteiger partial charge in [0.15, 0.2) is 0 Å². The largest absolute Gasteiger partial charge is 0.247 e. The van der Waals surface area contributed by atoms with Crippen molar-refractivity contribution in [3.63, 3.8) is 0 Å². The van der Waals surface area contributed by atoms with Gasteiger partial charge in [0.25, 0.3) is 0 Å². The van der Waals surface area contributed by atoms with Crippen LogP contribution in [0, 0.1) is 13.0 Å². The SMILES string of the molecule is Cc1cc2ccccc2nc1-c1[c]cccc1. The van der Waals surface area contributed by atoms with Crippen LogP contribution in [0.3, 0.4) is 0 Å². The maximum absolute atomic E-state index is 4.71. The predicted molar refractivity (Wildman–Crippen MR) is 70.8 cm³/mol. The molecule has 0 amide bonds. The lowest BCUT2D eigenvalue weighted by Gasteiger charge is -2.06. The van der Waals surface area contributed by atoms with Gasteiger partial charge in [0.05, 0.1) is 11.2 Å². The zero-order valence-corrected chi connectivity index (χ0v) is 9.64. The smallest absolute Gasteiger partial charge is 0.0745 e. The highest BCUT2D eigenvalue weighted by Crippen LogP contribution is 2.24. The molecule has 1 nitrogen and oxygen atoms in total. The number of hydrogen-bond donors (Lipinski definition) is 0. The Hall–Kier alpha value is -2.15. The first-order valence-corrected chi connectivity index (χ1v) is 5.68. The average Bonchev–Trinajstić information content (AvgIpc) is 2.39. The van der Waals surface area contributed by atoms with Gasteiger partial charge < -0.3 is 0 Å². The molecule has 0 N–H and O–H groups in total. The molecule has 2 aromatic carbocycles. The van der Waals surface area contributed by atoms with E-state index in [4.69, 9.17) is 4.98 Å². The third-order valence-electron chi connectivity index (χ3n) is 2.88. The van der Waals surface area contributed by atoms with E-state index in [2.05, 4.69) is 25.1 Å². The molecule has 1 heteroatoms. The lowest BCUT2D eigenvalue weighted by Crippen LogP contribution is -1.89. The number of rotatable bonds is 1. The molecular formula is C16H12N. The maximum Gasteiger partial charge on any atom is 0.0745 e. The van der Waals surface area contributed by atoms with Crippen LogP contribution < -0.4 is 0 Å². The van der Waals surface area contributed by atoms with E-state index in [1.807, 2.05) is 42.5 Å². The van der Waals surface area contributed by atoms with Gasteiger partial charge in [-0.2, -0.15) is 0 Å². The van der Waals surface area contributed by atoms with Crippen molar-refractivity contribution in [1.82, 2.24) is 4.98 Å². The monoisotopic (exact) mass is 218 g/mol. The Morgan fingerprint density at radius 3 is 2.65 bits per heavy atom. The summed E-state index contributed by atoms with van der Waals surface area (Å²) >= 11 is 0. The Morgan fingerprint density at radius 2 is 1.82 bits per heavy atom. The van der Waals surface area contributed by atoms with E-state index in [1.165, 1.54) is 10.9 Å². The highest BCUT2D eigenvalue weighted by atomic mass is 14.7. The van der Waals surface area contributed by atoms with Gasteiger partial charge in [-0.3, -0.25) is 0 Å². The van der Waals surface area contributed by atoms with Gasteiger partial charge in [-0.15, -0.1) is 0 Å². The fourth-order valence-electron chi connectivity index (χ4n) is 2.03. The van der Waals surface area contributed by atoms with E-state index in [0.717, 1.165) is 16.8 Å². The molecule has 0 aliphatic heterocycles. The van der Waals surface area contributed by atoms with Crippen molar-refractivity contribution in [2.45, 2.75) is 6.92 Å². The normalized spacial score (nSPS) is 10.6. The van der Waals surface area contributed by atoms with Crippen LogP contribution in [0.4, 0.5) is 0 Å². The lowest BCUT2D eigenvalue weighted by atomic mass is 10.0. The molecular weight excluding hydrogens is 206 g/mol. The zero-order chi connectivity index (χ0) is 11.7. The highest BCUT2D eigenvalue weighted by molar-refractivity contribution is 5.83. The summed E-state index contributed by atoms with van der Waals surface area (Å²) in [6.45, 7) is 2.09. The van der Waals surface area contributed by atoms with Crippen molar-refractivity contribution in [2.24, 2.45) is 0 Å². The molecule has 3 aromatic rings. The molecule has 3 rings (SSSR count). The van der Waals surface area contributed by atoms with Gasteiger partial charge in [-0.05, 0) is 30.7 Å². The number of nitrogens with zero attached hydrogens (tertiary/aromatic N) is 1. The Labute approximate surface area is 101 Å². The molecule has 1 aromatic heterocycles. The average molecular weight is 218 g/mol. The molecule has 17 heavy (non-hydrogen) atoms. The molecule has 1 radical (unpaired) electrons. The summed E-state index contributed by atoms with van der Waals surface area (Å²) in [7, 11) is 0. The molecule has 1 heterocycles. The first-order valence-electron chi connectivity index (χ1n) is 5.68. The van der Waals surface area contributed by atoms with Crippen molar-refractivity contribution in [3.8, 4) is 11.3 Å². The Morgan fingerprint density at radius 1 is 1.00 bits per heavy atom. The second kappa shape index (κ2) is 4.02. The minimum atomic E-state index is 1.02. The number of aryl methyl sites for hydroxylation is 1. The Balaban J connectivity index is 2.27. The molecule has 0 saturated carbocycles. The van der Waals surface area contributed by atoms with E-state index in [-0.39, 0.29) is 0 Å². The van der Waals surface area contributed by atoms with Crippen molar-refractivity contribution in [2.75, 3.05) is 0 Å². The van der Waals surface area contributed by atoms with Gasteiger partial charge in [-0.1, -0.05) is 42.5 Å². The van der Waals surface area contributed by atoms with Crippen LogP contribution in [-0.2, 0) is 0 Å². The van der Waals surface area contributed by atoms with E-state index in [0.29, 0.717) is 0 Å². The van der Waals surface area contributed by atoms with E-state index in [9.17, 15) is 0 Å². The van der Waals surface area contributed by atoms with Gasteiger partial charge in [0, 0.05) is 10.9 Å². The third-order valence-corrected chi connectivity index (χ3v) is 2.88. The van der Waals surface area contributed by atoms with E-state index < -0.39 is 0 Å². The number of para-hydroxylation sites is 1. The van der Waals surface area contributed by atoms with Gasteiger partial charge in [0.1, 0.15) is 0 Å². The summed E-state index contributed by atoms with van der Waals surface area (Å²) in [4.78, 5) is 4.71. The van der Waals surface area contributed by atoms with Crippen LogP contribution in [0.15, 0.2) is 54.6 Å². The van der Waals surface area contributed by atoms with Crippen LogP contribution in [0.5, 0.6) is 0 Å². The second-order valence-electron chi connectivity index (χ2n) is 4.12. The van der Waals surface area contributed by atoms with Crippen LogP contribution in [0.2, 0.25) is 0 Å². The molecule has 0 unspecified atom stereocenters. The zero-order valence-electron chi connectivity index (χ0n) is 9.64. The molecule has 0 fully saturated rings. The molecule has 0 aliphatic rings. The molecule has 81 valence electrons. The quantitative estimate of drug-likeness (QED) is 0.601. The van der Waals surface area contributed by atoms with Gasteiger partial charge in [0.2, 0.25) is 0 Å². The first-order chi connectivity index (χ1) is 8.34. The molecule has 0 bridgehead atoms. The number of pyridine rings is 1. The van der Waals surface area contributed by atoms with Crippen LogP contribution in [-0.4, -0.2) is 4.98 Å². The van der Waals surface area contributed by atoms with Crippen LogP contribution in [0.25, 0.3) is 22.2 Å². The number of aromatic nitrogens is 1. The molecule has 0 aliphatic carbocycles. The Bertz CT molecular complexity index is 657. The number of hydrogen-bond acceptors (Lipinski definition) is 1. The molecule has 0 spiro atoms. The van der Waals surface area contributed by atoms with Gasteiger partial charge in [-0.25, -0.2) is 4.98 Å². The Kier molecular flexibility index (Phi) is 2.37. The molecule has 0 saturated heterocycles. The fourth-order valence-corrected chi connectivity index (χ4v) is 2.03. The summed E-state index contributed by atoms with van der Waals surface area (Å²) < 4.78 is 0. The summed E-state index contributed by atoms with van der Waals surface area (Å²) in [5.41, 5.74) is 4.29. The summed E-state index contributed by atoms with van der Waals surface area (Å²) in [5.74, 6) is 0. The minimum Gasteiger partial charge on any atom is -0.247 e. The van der Waals surface area contributed by atoms with Crippen LogP contribution >= 0.6 is 0 Å². The summed E-state index contributed by atoms with van der Waals surface area (Å²) in [6.07, 6.45) is 0.